The van der Waals surface area contributed by atoms with Gasteiger partial charge in [-0.2, -0.15) is 0 Å². The number of nitrogens with one attached hydrogen (secondary N) is 1. The Morgan fingerprint density at radius 3 is 2.58 bits per heavy atom. The van der Waals surface area contributed by atoms with Gasteiger partial charge in [0.1, 0.15) is 11.6 Å². The van der Waals surface area contributed by atoms with Gasteiger partial charge < -0.3 is 15.3 Å². The van der Waals surface area contributed by atoms with Crippen LogP contribution in [-0.4, -0.2) is 42.2 Å². The molecule has 0 aliphatic carbocycles. The summed E-state index contributed by atoms with van der Waals surface area (Å²) in [6.45, 7) is -1.72. The summed E-state index contributed by atoms with van der Waals surface area (Å²) in [5.41, 5.74) is -0.330. The SMILES string of the molecule is O=C(Nc1ccc(F)cc1F)N(CCO)CC(F)F. The molecule has 0 heterocycles. The molecule has 0 radical (unpaired) electrons. The molecule has 0 fully saturated rings. The molecule has 19 heavy (non-hydrogen) atoms. The van der Waals surface area contributed by atoms with Crippen LogP contribution in [0.25, 0.3) is 0 Å². The van der Waals surface area contributed by atoms with Crippen LogP contribution >= 0.6 is 0 Å². The molecule has 1 aromatic rings. The highest BCUT2D eigenvalue weighted by molar-refractivity contribution is 5.89. The highest BCUT2D eigenvalue weighted by Gasteiger charge is 2.18. The van der Waals surface area contributed by atoms with Gasteiger partial charge in [-0.1, -0.05) is 0 Å². The lowest BCUT2D eigenvalue weighted by molar-refractivity contribution is 0.0943. The third-order valence-corrected chi connectivity index (χ3v) is 2.19. The number of urea groups is 1. The molecule has 0 aromatic heterocycles. The average molecular weight is 280 g/mol. The van der Waals surface area contributed by atoms with Gasteiger partial charge in [-0.15, -0.1) is 0 Å². The molecule has 2 amide bonds. The van der Waals surface area contributed by atoms with Gasteiger partial charge in [-0.3, -0.25) is 0 Å². The van der Waals surface area contributed by atoms with Crippen LogP contribution in [0.4, 0.5) is 28.0 Å². The third-order valence-electron chi connectivity index (χ3n) is 2.19. The van der Waals surface area contributed by atoms with E-state index in [9.17, 15) is 22.4 Å². The minimum atomic E-state index is -2.78. The van der Waals surface area contributed by atoms with Gasteiger partial charge in [0, 0.05) is 12.6 Å². The molecule has 4 nitrogen and oxygen atoms in total. The highest BCUT2D eigenvalue weighted by atomic mass is 19.3. The quantitative estimate of drug-likeness (QED) is 0.811. The number of aliphatic hydroxyl groups is 1. The normalized spacial score (nSPS) is 10.6. The first-order valence-electron chi connectivity index (χ1n) is 5.34. The highest BCUT2D eigenvalue weighted by Crippen LogP contribution is 2.15. The van der Waals surface area contributed by atoms with E-state index in [1.165, 1.54) is 0 Å². The minimum Gasteiger partial charge on any atom is -0.395 e. The van der Waals surface area contributed by atoms with Crippen molar-refractivity contribution in [2.75, 3.05) is 25.0 Å². The van der Waals surface area contributed by atoms with Crippen LogP contribution in [0.15, 0.2) is 18.2 Å². The van der Waals surface area contributed by atoms with E-state index < -0.39 is 37.2 Å². The fraction of sp³-hybridized carbons (Fsp3) is 0.364. The van der Waals surface area contributed by atoms with Gasteiger partial charge in [0.15, 0.2) is 0 Å². The monoisotopic (exact) mass is 280 g/mol. The number of halogens is 4. The maximum absolute atomic E-state index is 13.3. The second kappa shape index (κ2) is 6.93. The van der Waals surface area contributed by atoms with Crippen LogP contribution in [0.5, 0.6) is 0 Å². The van der Waals surface area contributed by atoms with Crippen LogP contribution in [0.2, 0.25) is 0 Å². The van der Waals surface area contributed by atoms with Crippen molar-refractivity contribution in [1.29, 1.82) is 0 Å². The Morgan fingerprint density at radius 1 is 1.37 bits per heavy atom. The molecule has 106 valence electrons. The first-order valence-corrected chi connectivity index (χ1v) is 5.34. The van der Waals surface area contributed by atoms with Crippen molar-refractivity contribution in [1.82, 2.24) is 4.90 Å². The van der Waals surface area contributed by atoms with Crippen molar-refractivity contribution >= 4 is 11.7 Å². The molecular formula is C11H12F4N2O2. The summed E-state index contributed by atoms with van der Waals surface area (Å²) in [6.07, 6.45) is -2.78. The summed E-state index contributed by atoms with van der Waals surface area (Å²) in [5, 5.41) is 10.7. The number of benzene rings is 1. The van der Waals surface area contributed by atoms with Crippen molar-refractivity contribution in [2.45, 2.75) is 6.43 Å². The fourth-order valence-electron chi connectivity index (χ4n) is 1.35. The molecule has 0 bridgehead atoms. The summed E-state index contributed by atoms with van der Waals surface area (Å²) >= 11 is 0. The Bertz CT molecular complexity index is 443. The van der Waals surface area contributed by atoms with Gasteiger partial charge in [-0.05, 0) is 12.1 Å². The minimum absolute atomic E-state index is 0.320. The van der Waals surface area contributed by atoms with Crippen molar-refractivity contribution < 1.29 is 27.5 Å². The summed E-state index contributed by atoms with van der Waals surface area (Å²) in [5.74, 6) is -1.84. The van der Waals surface area contributed by atoms with E-state index in [4.69, 9.17) is 5.11 Å². The number of rotatable bonds is 5. The maximum atomic E-state index is 13.3. The first-order chi connectivity index (χ1) is 8.93. The van der Waals surface area contributed by atoms with Crippen LogP contribution in [0.1, 0.15) is 0 Å². The number of carbonyl (C=O) groups excluding carboxylic acids is 1. The third kappa shape index (κ3) is 4.74. The van der Waals surface area contributed by atoms with Crippen LogP contribution < -0.4 is 5.32 Å². The lowest BCUT2D eigenvalue weighted by atomic mass is 10.3. The number of nitrogens with zero attached hydrogens (tertiary/aromatic N) is 1. The Hall–Kier alpha value is -1.83. The molecule has 0 aliphatic rings. The average Bonchev–Trinajstić information content (AvgIpc) is 2.31. The second-order valence-corrected chi connectivity index (χ2v) is 3.62. The molecule has 0 spiro atoms. The number of hydrogen-bond donors (Lipinski definition) is 2. The number of alkyl halides is 2. The predicted molar refractivity (Wildman–Crippen MR) is 60.0 cm³/mol. The molecule has 0 saturated heterocycles. The number of anilines is 1. The summed E-state index contributed by atoms with van der Waals surface area (Å²) in [4.78, 5) is 12.2. The van der Waals surface area contributed by atoms with Gasteiger partial charge in [0.25, 0.3) is 6.43 Å². The fourth-order valence-corrected chi connectivity index (χ4v) is 1.35. The van der Waals surface area contributed by atoms with E-state index in [-0.39, 0.29) is 12.2 Å². The van der Waals surface area contributed by atoms with Crippen molar-refractivity contribution in [3.63, 3.8) is 0 Å². The van der Waals surface area contributed by atoms with Crippen molar-refractivity contribution in [2.24, 2.45) is 0 Å². The van der Waals surface area contributed by atoms with E-state index in [0.717, 1.165) is 12.1 Å². The zero-order valence-electron chi connectivity index (χ0n) is 9.75. The zero-order chi connectivity index (χ0) is 14.4. The van der Waals surface area contributed by atoms with E-state index >= 15 is 0 Å². The first kappa shape index (κ1) is 15.2. The number of amides is 2. The topological polar surface area (TPSA) is 52.6 Å². The molecular weight excluding hydrogens is 268 g/mol. The van der Waals surface area contributed by atoms with Gasteiger partial charge >= 0.3 is 6.03 Å². The lowest BCUT2D eigenvalue weighted by Gasteiger charge is -2.21. The smallest absolute Gasteiger partial charge is 0.322 e. The van der Waals surface area contributed by atoms with E-state index in [2.05, 4.69) is 0 Å². The predicted octanol–water partition coefficient (Wildman–Crippen LogP) is 2.06. The molecule has 2 N–H and O–H groups in total. The Labute approximate surface area is 106 Å². The maximum Gasteiger partial charge on any atom is 0.322 e. The summed E-state index contributed by atoms with van der Waals surface area (Å²) in [6, 6.07) is 1.45. The van der Waals surface area contributed by atoms with Crippen molar-refractivity contribution in [3.05, 3.63) is 29.8 Å². The second-order valence-electron chi connectivity index (χ2n) is 3.62. The molecule has 8 heteroatoms. The Balaban J connectivity index is 2.75. The van der Waals surface area contributed by atoms with Gasteiger partial charge in [-0.25, -0.2) is 22.4 Å². The van der Waals surface area contributed by atoms with E-state index in [1.54, 1.807) is 0 Å². The Morgan fingerprint density at radius 2 is 2.05 bits per heavy atom. The van der Waals surface area contributed by atoms with E-state index in [0.29, 0.717) is 11.0 Å². The number of hydrogen-bond acceptors (Lipinski definition) is 2. The van der Waals surface area contributed by atoms with Gasteiger partial charge in [0.05, 0.1) is 18.8 Å². The zero-order valence-corrected chi connectivity index (χ0v) is 9.75. The molecule has 1 rings (SSSR count). The molecule has 0 aliphatic heterocycles. The molecule has 0 unspecified atom stereocenters. The largest absolute Gasteiger partial charge is 0.395 e. The van der Waals surface area contributed by atoms with Crippen molar-refractivity contribution in [3.8, 4) is 0 Å². The van der Waals surface area contributed by atoms with Crippen LogP contribution in [-0.2, 0) is 0 Å². The van der Waals surface area contributed by atoms with E-state index in [1.807, 2.05) is 5.32 Å². The lowest BCUT2D eigenvalue weighted by Crippen LogP contribution is -2.40. The standard InChI is InChI=1S/C11H12F4N2O2/c12-7-1-2-9(8(13)5-7)16-11(19)17(3-4-18)6-10(14)15/h1-2,5,10,18H,3-4,6H2,(H,16,19). The Kier molecular flexibility index (Phi) is 5.56. The summed E-state index contributed by atoms with van der Waals surface area (Å²) in [7, 11) is 0. The molecule has 0 atom stereocenters. The molecule has 1 aromatic carbocycles. The van der Waals surface area contributed by atoms with Gasteiger partial charge in [0.2, 0.25) is 0 Å². The molecule has 0 saturated carbocycles. The summed E-state index contributed by atoms with van der Waals surface area (Å²) < 4.78 is 50.3. The number of aliphatic hydroxyl groups excluding tert-OH is 1. The van der Waals surface area contributed by atoms with Crippen LogP contribution in [0.3, 0.4) is 0 Å². The number of carbonyl (C=O) groups is 1. The van der Waals surface area contributed by atoms with Crippen LogP contribution in [0, 0.1) is 11.6 Å².